The van der Waals surface area contributed by atoms with Gasteiger partial charge in [0.25, 0.3) is 8.32 Å². The first-order chi connectivity index (χ1) is 15.9. The van der Waals surface area contributed by atoms with Crippen LogP contribution in [-0.4, -0.2) is 35.1 Å². The molecule has 3 nitrogen and oxygen atoms in total. The van der Waals surface area contributed by atoms with Crippen molar-refractivity contribution < 1.29 is 13.6 Å². The Morgan fingerprint density at radius 1 is 0.853 bits per heavy atom. The summed E-state index contributed by atoms with van der Waals surface area (Å²) in [5.74, 6) is -0.0858. The molecule has 2 aromatic rings. The maximum absolute atomic E-state index is 11.9. The second kappa shape index (κ2) is 11.9. The molecule has 2 rings (SSSR count). The summed E-state index contributed by atoms with van der Waals surface area (Å²) >= 11 is 0. The van der Waals surface area contributed by atoms with Crippen LogP contribution in [0.5, 0.6) is 0 Å². The van der Waals surface area contributed by atoms with Gasteiger partial charge >= 0.3 is 0 Å². The van der Waals surface area contributed by atoms with Gasteiger partial charge in [-0.1, -0.05) is 109 Å². The summed E-state index contributed by atoms with van der Waals surface area (Å²) < 4.78 is 14.2. The van der Waals surface area contributed by atoms with Crippen molar-refractivity contribution in [2.24, 2.45) is 11.8 Å². The van der Waals surface area contributed by atoms with E-state index in [1.165, 1.54) is 10.4 Å². The Balaban J connectivity index is 2.67. The molecule has 2 aromatic carbocycles. The maximum Gasteiger partial charge on any atom is 0.261 e. The van der Waals surface area contributed by atoms with E-state index >= 15 is 0 Å². The average molecular weight is 499 g/mol. The van der Waals surface area contributed by atoms with Gasteiger partial charge in [-0.3, -0.25) is 0 Å². The predicted octanol–water partition coefficient (Wildman–Crippen LogP) is 6.42. The fraction of sp³-hybridized carbons (Fsp3) is 0.552. The van der Waals surface area contributed by atoms with Crippen molar-refractivity contribution in [3.63, 3.8) is 0 Å². The molecule has 0 aliphatic heterocycles. The fourth-order valence-electron chi connectivity index (χ4n) is 5.02. The number of hydrogen-bond donors (Lipinski definition) is 0. The number of carbonyl (C=O) groups excluding carboxylic acids is 1. The average Bonchev–Trinajstić information content (AvgIpc) is 2.79. The first-order valence-electron chi connectivity index (χ1n) is 12.8. The van der Waals surface area contributed by atoms with Crippen LogP contribution in [0.4, 0.5) is 0 Å². The first-order valence-corrected chi connectivity index (χ1v) is 18.1. The van der Waals surface area contributed by atoms with Crippen LogP contribution in [0, 0.1) is 11.8 Å². The van der Waals surface area contributed by atoms with Crippen LogP contribution in [0.25, 0.3) is 0 Å². The van der Waals surface area contributed by atoms with Gasteiger partial charge in [-0.05, 0) is 41.5 Å². The van der Waals surface area contributed by atoms with Crippen molar-refractivity contribution in [2.75, 3.05) is 0 Å². The van der Waals surface area contributed by atoms with Gasteiger partial charge in [-0.15, -0.1) is 0 Å². The minimum Gasteiger partial charge on any atom is -0.414 e. The Labute approximate surface area is 210 Å². The predicted molar refractivity (Wildman–Crippen MR) is 150 cm³/mol. The van der Waals surface area contributed by atoms with Crippen LogP contribution in [0.15, 0.2) is 60.7 Å². The third-order valence-corrected chi connectivity index (χ3v) is 12.7. The van der Waals surface area contributed by atoms with Crippen LogP contribution in [0.1, 0.15) is 54.4 Å². The van der Waals surface area contributed by atoms with Gasteiger partial charge in [0.1, 0.15) is 6.29 Å². The standard InChI is InChI=1S/C29H46O3Si2/c1-10-17-27(24(3)28(23(2)22-30)32-33(7,8)9)31-34(29(4,5)6,25-18-13-11-14-19-25)26-20-15-12-16-21-26/h11-16,18-24,27-28H,10,17H2,1-9H3/t23?,24-,27-,28-/m1/s1. The van der Waals surface area contributed by atoms with Crippen LogP contribution >= 0.6 is 0 Å². The van der Waals surface area contributed by atoms with E-state index in [4.69, 9.17) is 8.85 Å². The van der Waals surface area contributed by atoms with Crippen LogP contribution in [-0.2, 0) is 13.6 Å². The quantitative estimate of drug-likeness (QED) is 0.250. The molecule has 0 fully saturated rings. The number of benzene rings is 2. The molecule has 0 aliphatic rings. The summed E-state index contributed by atoms with van der Waals surface area (Å²) in [5, 5.41) is 2.48. The molecular weight excluding hydrogens is 452 g/mol. The highest BCUT2D eigenvalue weighted by molar-refractivity contribution is 6.99. The van der Waals surface area contributed by atoms with Gasteiger partial charge in [0, 0.05) is 11.8 Å². The van der Waals surface area contributed by atoms with Crippen LogP contribution < -0.4 is 10.4 Å². The Hall–Kier alpha value is -1.54. The van der Waals surface area contributed by atoms with Gasteiger partial charge in [-0.2, -0.15) is 0 Å². The van der Waals surface area contributed by atoms with Crippen molar-refractivity contribution in [3.05, 3.63) is 60.7 Å². The molecule has 0 heterocycles. The lowest BCUT2D eigenvalue weighted by molar-refractivity contribution is -0.115. The van der Waals surface area contributed by atoms with E-state index in [0.717, 1.165) is 19.1 Å². The maximum atomic E-state index is 11.9. The molecule has 0 spiro atoms. The van der Waals surface area contributed by atoms with Gasteiger partial charge < -0.3 is 13.6 Å². The molecule has 0 radical (unpaired) electrons. The summed E-state index contributed by atoms with van der Waals surface area (Å²) in [5.41, 5.74) is 0. The van der Waals surface area contributed by atoms with Gasteiger partial charge in [0.2, 0.25) is 0 Å². The lowest BCUT2D eigenvalue weighted by atomic mass is 9.88. The van der Waals surface area contributed by atoms with Crippen molar-refractivity contribution in [3.8, 4) is 0 Å². The summed E-state index contributed by atoms with van der Waals surface area (Å²) in [6.07, 6.45) is 2.83. The second-order valence-corrected chi connectivity index (χ2v) is 20.4. The van der Waals surface area contributed by atoms with E-state index in [1.54, 1.807) is 0 Å². The van der Waals surface area contributed by atoms with Crippen molar-refractivity contribution in [1.82, 2.24) is 0 Å². The van der Waals surface area contributed by atoms with Gasteiger partial charge in [-0.25, -0.2) is 0 Å². The monoisotopic (exact) mass is 498 g/mol. The molecule has 0 N–H and O–H groups in total. The lowest BCUT2D eigenvalue weighted by Gasteiger charge is -2.47. The van der Waals surface area contributed by atoms with E-state index in [2.05, 4.69) is 115 Å². The zero-order valence-electron chi connectivity index (χ0n) is 22.8. The zero-order chi connectivity index (χ0) is 25.6. The lowest BCUT2D eigenvalue weighted by Crippen LogP contribution is -2.68. The Bertz CT molecular complexity index is 832. The van der Waals surface area contributed by atoms with Crippen molar-refractivity contribution in [1.29, 1.82) is 0 Å². The third kappa shape index (κ3) is 6.78. The SMILES string of the molecule is CCC[C@@H](O[Si](c1ccccc1)(c1ccccc1)C(C)(C)C)[C@@H](C)[C@H](O[Si](C)(C)C)C(C)C=O. The molecule has 0 saturated heterocycles. The minimum atomic E-state index is -2.69. The smallest absolute Gasteiger partial charge is 0.261 e. The molecule has 0 bridgehead atoms. The number of aldehydes is 1. The summed E-state index contributed by atoms with van der Waals surface area (Å²) in [4.78, 5) is 11.9. The van der Waals surface area contributed by atoms with Gasteiger partial charge in [0.05, 0.1) is 12.2 Å². The highest BCUT2D eigenvalue weighted by Gasteiger charge is 2.52. The van der Waals surface area contributed by atoms with Crippen LogP contribution in [0.2, 0.25) is 24.7 Å². The van der Waals surface area contributed by atoms with Crippen LogP contribution in [0.3, 0.4) is 0 Å². The first kappa shape index (κ1) is 28.7. The topological polar surface area (TPSA) is 35.5 Å². The molecule has 34 heavy (non-hydrogen) atoms. The van der Waals surface area contributed by atoms with E-state index in [9.17, 15) is 4.79 Å². The highest BCUT2D eigenvalue weighted by atomic mass is 28.4. The van der Waals surface area contributed by atoms with Crippen molar-refractivity contribution in [2.45, 2.75) is 91.3 Å². The molecule has 0 amide bonds. The van der Waals surface area contributed by atoms with Gasteiger partial charge in [0.15, 0.2) is 8.32 Å². The number of hydrogen-bond acceptors (Lipinski definition) is 3. The molecule has 0 aromatic heterocycles. The summed E-state index contributed by atoms with van der Waals surface area (Å²) in [6.45, 7) is 20.0. The fourth-order valence-corrected chi connectivity index (χ4v) is 11.1. The Morgan fingerprint density at radius 2 is 1.32 bits per heavy atom. The Morgan fingerprint density at radius 3 is 1.68 bits per heavy atom. The molecule has 5 heteroatoms. The largest absolute Gasteiger partial charge is 0.414 e. The van der Waals surface area contributed by atoms with E-state index in [-0.39, 0.29) is 29.1 Å². The zero-order valence-corrected chi connectivity index (χ0v) is 24.8. The normalized spacial score (nSPS) is 16.5. The minimum absolute atomic E-state index is 0.0138. The Kier molecular flexibility index (Phi) is 10.1. The molecule has 0 aliphatic carbocycles. The second-order valence-electron chi connectivity index (χ2n) is 11.7. The summed E-state index contributed by atoms with van der Waals surface area (Å²) in [7, 11) is -4.55. The van der Waals surface area contributed by atoms with E-state index in [0.29, 0.717) is 0 Å². The third-order valence-electron chi connectivity index (χ3n) is 6.65. The van der Waals surface area contributed by atoms with Crippen molar-refractivity contribution >= 4 is 33.3 Å². The molecule has 0 saturated carbocycles. The number of rotatable bonds is 12. The molecule has 188 valence electrons. The number of carbonyl (C=O) groups is 1. The highest BCUT2D eigenvalue weighted by Crippen LogP contribution is 2.40. The van der Waals surface area contributed by atoms with E-state index in [1.807, 2.05) is 6.92 Å². The molecule has 1 unspecified atom stereocenters. The van der Waals surface area contributed by atoms with E-state index < -0.39 is 16.6 Å². The molecular formula is C29H46O3Si2. The molecule has 4 atom stereocenters. The summed E-state index contributed by atoms with van der Waals surface area (Å²) in [6, 6.07) is 21.6.